The van der Waals surface area contributed by atoms with Gasteiger partial charge in [-0.15, -0.1) is 0 Å². The molecule has 102 valence electrons. The highest BCUT2D eigenvalue weighted by atomic mass is 16.1. The van der Waals surface area contributed by atoms with Gasteiger partial charge < -0.3 is 10.2 Å². The van der Waals surface area contributed by atoms with Crippen LogP contribution in [-0.4, -0.2) is 19.0 Å². The first-order valence-corrected chi connectivity index (χ1v) is 7.49. The topological polar surface area (TPSA) is 32.3 Å². The smallest absolute Gasteiger partial charge is 0.227 e. The number of anilines is 2. The van der Waals surface area contributed by atoms with Crippen molar-refractivity contribution in [2.45, 2.75) is 38.5 Å². The molecule has 1 aromatic carbocycles. The van der Waals surface area contributed by atoms with Crippen LogP contribution in [0.4, 0.5) is 11.4 Å². The average molecular weight is 258 g/mol. The Hall–Kier alpha value is -1.51. The number of carbonyl (C=O) groups is 1. The lowest BCUT2D eigenvalue weighted by Crippen LogP contribution is -2.20. The van der Waals surface area contributed by atoms with Gasteiger partial charge in [0.1, 0.15) is 0 Å². The molecule has 3 heteroatoms. The quantitative estimate of drug-likeness (QED) is 0.901. The molecule has 0 spiro atoms. The molecule has 2 aliphatic rings. The third-order valence-electron chi connectivity index (χ3n) is 4.33. The van der Waals surface area contributed by atoms with E-state index in [-0.39, 0.29) is 11.8 Å². The summed E-state index contributed by atoms with van der Waals surface area (Å²) in [6, 6.07) is 8.30. The van der Waals surface area contributed by atoms with Crippen LogP contribution in [0.2, 0.25) is 0 Å². The minimum absolute atomic E-state index is 0.200. The van der Waals surface area contributed by atoms with Crippen LogP contribution in [0.1, 0.15) is 38.5 Å². The predicted molar refractivity (Wildman–Crippen MR) is 78.5 cm³/mol. The molecular weight excluding hydrogens is 236 g/mol. The summed E-state index contributed by atoms with van der Waals surface area (Å²) in [4.78, 5) is 14.4. The molecular formula is C16H22N2O. The third kappa shape index (κ3) is 2.91. The molecule has 1 heterocycles. The molecule has 0 aromatic heterocycles. The summed E-state index contributed by atoms with van der Waals surface area (Å²) in [5, 5.41) is 3.04. The summed E-state index contributed by atoms with van der Waals surface area (Å²) >= 11 is 0. The molecule has 0 radical (unpaired) electrons. The maximum Gasteiger partial charge on any atom is 0.227 e. The van der Waals surface area contributed by atoms with Crippen LogP contribution in [0.15, 0.2) is 24.3 Å². The second kappa shape index (κ2) is 5.64. The number of benzene rings is 1. The van der Waals surface area contributed by atoms with Crippen LogP contribution in [0.5, 0.6) is 0 Å². The predicted octanol–water partition coefficient (Wildman–Crippen LogP) is 3.42. The molecule has 0 bridgehead atoms. The average Bonchev–Trinajstić information content (AvgIpc) is 3.13. The molecule has 1 saturated carbocycles. The fourth-order valence-corrected chi connectivity index (χ4v) is 3.16. The molecule has 3 rings (SSSR count). The van der Waals surface area contributed by atoms with E-state index in [0.29, 0.717) is 0 Å². The summed E-state index contributed by atoms with van der Waals surface area (Å²) in [7, 11) is 0. The molecule has 1 aliphatic carbocycles. The lowest BCUT2D eigenvalue weighted by Gasteiger charge is -2.18. The number of hydrogen-bond donors (Lipinski definition) is 1. The van der Waals surface area contributed by atoms with E-state index >= 15 is 0 Å². The first kappa shape index (κ1) is 12.5. The van der Waals surface area contributed by atoms with Crippen molar-refractivity contribution < 1.29 is 4.79 Å². The van der Waals surface area contributed by atoms with E-state index in [1.165, 1.54) is 31.4 Å². The summed E-state index contributed by atoms with van der Waals surface area (Å²) in [6.07, 6.45) is 7.09. The Morgan fingerprint density at radius 1 is 1.00 bits per heavy atom. The largest absolute Gasteiger partial charge is 0.372 e. The van der Waals surface area contributed by atoms with Crippen molar-refractivity contribution in [2.24, 2.45) is 5.92 Å². The van der Waals surface area contributed by atoms with Gasteiger partial charge in [-0.05, 0) is 49.9 Å². The summed E-state index contributed by atoms with van der Waals surface area (Å²) in [5.41, 5.74) is 2.20. The van der Waals surface area contributed by atoms with Crippen LogP contribution in [-0.2, 0) is 4.79 Å². The Morgan fingerprint density at radius 2 is 1.63 bits per heavy atom. The molecule has 3 nitrogen and oxygen atoms in total. The van der Waals surface area contributed by atoms with Gasteiger partial charge in [0.05, 0.1) is 0 Å². The molecule has 2 fully saturated rings. The zero-order chi connectivity index (χ0) is 13.1. The maximum absolute atomic E-state index is 12.0. The van der Waals surface area contributed by atoms with Gasteiger partial charge in [0.15, 0.2) is 0 Å². The summed E-state index contributed by atoms with van der Waals surface area (Å²) < 4.78 is 0. The van der Waals surface area contributed by atoms with Gasteiger partial charge in [-0.2, -0.15) is 0 Å². The SMILES string of the molecule is O=C(Nc1ccc(N2CCCC2)cc1)C1CCCC1. The number of carbonyl (C=O) groups excluding carboxylic acids is 1. The Kier molecular flexibility index (Phi) is 3.72. The molecule has 19 heavy (non-hydrogen) atoms. The van der Waals surface area contributed by atoms with Crippen molar-refractivity contribution in [1.82, 2.24) is 0 Å². The highest BCUT2D eigenvalue weighted by Gasteiger charge is 2.22. The fourth-order valence-electron chi connectivity index (χ4n) is 3.16. The van der Waals surface area contributed by atoms with Crippen LogP contribution in [0.3, 0.4) is 0 Å². The lowest BCUT2D eigenvalue weighted by atomic mass is 10.1. The normalized spacial score (nSPS) is 19.9. The van der Waals surface area contributed by atoms with E-state index in [1.54, 1.807) is 0 Å². The molecule has 1 aliphatic heterocycles. The van der Waals surface area contributed by atoms with Crippen molar-refractivity contribution >= 4 is 17.3 Å². The second-order valence-electron chi connectivity index (χ2n) is 5.71. The lowest BCUT2D eigenvalue weighted by molar-refractivity contribution is -0.119. The molecule has 1 N–H and O–H groups in total. The highest BCUT2D eigenvalue weighted by Crippen LogP contribution is 2.27. The van der Waals surface area contributed by atoms with Crippen molar-refractivity contribution in [2.75, 3.05) is 23.3 Å². The van der Waals surface area contributed by atoms with Crippen LogP contribution in [0, 0.1) is 5.92 Å². The van der Waals surface area contributed by atoms with E-state index in [2.05, 4.69) is 22.3 Å². The van der Waals surface area contributed by atoms with Gasteiger partial charge in [-0.1, -0.05) is 12.8 Å². The van der Waals surface area contributed by atoms with E-state index in [9.17, 15) is 4.79 Å². The van der Waals surface area contributed by atoms with E-state index in [4.69, 9.17) is 0 Å². The molecule has 0 unspecified atom stereocenters. The van der Waals surface area contributed by atoms with Crippen molar-refractivity contribution in [3.05, 3.63) is 24.3 Å². The van der Waals surface area contributed by atoms with Crippen LogP contribution in [0.25, 0.3) is 0 Å². The van der Waals surface area contributed by atoms with Gasteiger partial charge in [0.2, 0.25) is 5.91 Å². The Bertz CT molecular complexity index is 429. The molecule has 0 atom stereocenters. The third-order valence-corrected chi connectivity index (χ3v) is 4.33. The fraction of sp³-hybridized carbons (Fsp3) is 0.562. The first-order valence-electron chi connectivity index (χ1n) is 7.49. The monoisotopic (exact) mass is 258 g/mol. The number of nitrogens with one attached hydrogen (secondary N) is 1. The zero-order valence-corrected chi connectivity index (χ0v) is 11.4. The molecule has 1 aromatic rings. The Balaban J connectivity index is 1.60. The van der Waals surface area contributed by atoms with E-state index in [1.807, 2.05) is 12.1 Å². The minimum Gasteiger partial charge on any atom is -0.372 e. The minimum atomic E-state index is 0.200. The standard InChI is InChI=1S/C16H22N2O/c19-16(13-5-1-2-6-13)17-14-7-9-15(10-8-14)18-11-3-4-12-18/h7-10,13H,1-6,11-12H2,(H,17,19). The van der Waals surface area contributed by atoms with E-state index in [0.717, 1.165) is 31.6 Å². The molecule has 1 amide bonds. The van der Waals surface area contributed by atoms with Crippen molar-refractivity contribution in [1.29, 1.82) is 0 Å². The maximum atomic E-state index is 12.0. The van der Waals surface area contributed by atoms with Gasteiger partial charge >= 0.3 is 0 Å². The highest BCUT2D eigenvalue weighted by molar-refractivity contribution is 5.92. The van der Waals surface area contributed by atoms with Crippen molar-refractivity contribution in [3.63, 3.8) is 0 Å². The summed E-state index contributed by atoms with van der Waals surface area (Å²) in [6.45, 7) is 2.32. The summed E-state index contributed by atoms with van der Waals surface area (Å²) in [5.74, 6) is 0.435. The van der Waals surface area contributed by atoms with Crippen LogP contribution < -0.4 is 10.2 Å². The van der Waals surface area contributed by atoms with Crippen molar-refractivity contribution in [3.8, 4) is 0 Å². The van der Waals surface area contributed by atoms with E-state index < -0.39 is 0 Å². The Morgan fingerprint density at radius 3 is 2.26 bits per heavy atom. The Labute approximate surface area is 115 Å². The van der Waals surface area contributed by atoms with Crippen LogP contribution >= 0.6 is 0 Å². The number of nitrogens with zero attached hydrogens (tertiary/aromatic N) is 1. The number of amides is 1. The second-order valence-corrected chi connectivity index (χ2v) is 5.71. The first-order chi connectivity index (χ1) is 9.33. The number of hydrogen-bond acceptors (Lipinski definition) is 2. The van der Waals surface area contributed by atoms with Gasteiger partial charge in [-0.3, -0.25) is 4.79 Å². The zero-order valence-electron chi connectivity index (χ0n) is 11.4. The molecule has 1 saturated heterocycles. The van der Waals surface area contributed by atoms with Gasteiger partial charge in [-0.25, -0.2) is 0 Å². The van der Waals surface area contributed by atoms with Gasteiger partial charge in [0.25, 0.3) is 0 Å². The van der Waals surface area contributed by atoms with Gasteiger partial charge in [0, 0.05) is 30.4 Å². The number of rotatable bonds is 3.